The third kappa shape index (κ3) is 9.46. The van der Waals surface area contributed by atoms with Crippen LogP contribution in [0.3, 0.4) is 0 Å². The Bertz CT molecular complexity index is 472. The van der Waals surface area contributed by atoms with Crippen LogP contribution < -0.4 is 0 Å². The molecule has 2 aliphatic rings. The van der Waals surface area contributed by atoms with Gasteiger partial charge in [-0.05, 0) is 74.0 Å². The zero-order valence-electron chi connectivity index (χ0n) is 19.4. The van der Waals surface area contributed by atoms with Crippen molar-refractivity contribution < 1.29 is 28.8 Å². The summed E-state index contributed by atoms with van der Waals surface area (Å²) in [5.74, 6) is 1.26. The van der Waals surface area contributed by atoms with Gasteiger partial charge in [0.1, 0.15) is 12.2 Å². The number of carbonyl (C=O) groups excluding carboxylic acids is 2. The van der Waals surface area contributed by atoms with Crippen molar-refractivity contribution in [2.45, 2.75) is 105 Å². The molecule has 1 radical (unpaired) electrons. The van der Waals surface area contributed by atoms with Crippen LogP contribution >= 0.6 is 0 Å². The zero-order chi connectivity index (χ0) is 20.9. The van der Waals surface area contributed by atoms with Crippen LogP contribution in [0.5, 0.6) is 0 Å². The summed E-state index contributed by atoms with van der Waals surface area (Å²) in [4.78, 5) is 32.5. The number of ether oxygens (including phenoxy) is 2. The van der Waals surface area contributed by atoms with Crippen molar-refractivity contribution in [1.29, 1.82) is 0 Å². The summed E-state index contributed by atoms with van der Waals surface area (Å²) in [5.41, 5.74) is 0.536. The number of rotatable bonds is 2. The molecule has 0 atom stereocenters. The van der Waals surface area contributed by atoms with Gasteiger partial charge in [-0.2, -0.15) is 19.4 Å². The molecule has 2 saturated carbocycles. The number of carbonyl (C=O) groups is 2. The molecule has 29 heavy (non-hydrogen) atoms. The molecule has 0 heterocycles. The molecule has 6 nitrogen and oxygen atoms in total. The third-order valence-electron chi connectivity index (χ3n) is 6.50. The Labute approximate surface area is 218 Å². The minimum atomic E-state index is -0.979. The van der Waals surface area contributed by atoms with Crippen molar-refractivity contribution in [1.82, 2.24) is 0 Å². The standard InChI is InChI=1S/C22H38O6.K/c1-21(2,3)15-7-11-17(12-8-15)25-19(23)27-28-20(24)26-18-13-9-16(10-14-18)22(4,5)6;/h15-18H,7-14H2,1-6H3;. The summed E-state index contributed by atoms with van der Waals surface area (Å²) in [6.45, 7) is 13.4. The van der Waals surface area contributed by atoms with Gasteiger partial charge in [0, 0.05) is 51.4 Å². The second-order valence-electron chi connectivity index (χ2n) is 10.6. The van der Waals surface area contributed by atoms with Crippen molar-refractivity contribution in [3.05, 3.63) is 0 Å². The average molecular weight is 438 g/mol. The molecule has 0 saturated heterocycles. The first kappa shape index (κ1) is 27.2. The molecule has 7 heteroatoms. The van der Waals surface area contributed by atoms with Gasteiger partial charge < -0.3 is 9.47 Å². The van der Waals surface area contributed by atoms with Crippen LogP contribution in [-0.4, -0.2) is 75.9 Å². The second kappa shape index (κ2) is 11.7. The molecule has 0 unspecified atom stereocenters. The van der Waals surface area contributed by atoms with E-state index in [1.807, 2.05) is 0 Å². The van der Waals surface area contributed by atoms with E-state index in [1.54, 1.807) is 0 Å². The molecule has 0 bridgehead atoms. The monoisotopic (exact) mass is 437 g/mol. The van der Waals surface area contributed by atoms with Crippen molar-refractivity contribution in [3.63, 3.8) is 0 Å². The van der Waals surface area contributed by atoms with Crippen LogP contribution in [0.25, 0.3) is 0 Å². The Balaban J connectivity index is 0.00000420. The van der Waals surface area contributed by atoms with Gasteiger partial charge in [-0.15, -0.1) is 0 Å². The van der Waals surface area contributed by atoms with Gasteiger partial charge in [-0.3, -0.25) is 0 Å². The first-order valence-corrected chi connectivity index (χ1v) is 10.7. The first-order chi connectivity index (χ1) is 12.9. The van der Waals surface area contributed by atoms with Gasteiger partial charge in [0.15, 0.2) is 0 Å². The Morgan fingerprint density at radius 2 is 0.862 bits per heavy atom. The predicted octanol–water partition coefficient (Wildman–Crippen LogP) is 6.04. The van der Waals surface area contributed by atoms with Crippen LogP contribution in [0.4, 0.5) is 9.59 Å². The topological polar surface area (TPSA) is 71.1 Å². The third-order valence-corrected chi connectivity index (χ3v) is 6.50. The summed E-state index contributed by atoms with van der Waals surface area (Å²) in [5, 5.41) is 0. The molecule has 0 amide bonds. The maximum Gasteiger partial charge on any atom is 0.550 e. The van der Waals surface area contributed by atoms with Gasteiger partial charge in [0.05, 0.1) is 0 Å². The Morgan fingerprint density at radius 3 is 1.10 bits per heavy atom. The van der Waals surface area contributed by atoms with Crippen LogP contribution in [0.1, 0.15) is 92.9 Å². The van der Waals surface area contributed by atoms with Crippen LogP contribution in [0.15, 0.2) is 0 Å². The van der Waals surface area contributed by atoms with E-state index in [2.05, 4.69) is 51.3 Å². The molecule has 0 spiro atoms. The van der Waals surface area contributed by atoms with E-state index in [-0.39, 0.29) is 74.4 Å². The average Bonchev–Trinajstić information content (AvgIpc) is 2.59. The van der Waals surface area contributed by atoms with E-state index in [1.165, 1.54) is 0 Å². The molecule has 2 rings (SSSR count). The number of hydrogen-bond donors (Lipinski definition) is 0. The van der Waals surface area contributed by atoms with E-state index in [9.17, 15) is 9.59 Å². The zero-order valence-corrected chi connectivity index (χ0v) is 22.5. The normalized spacial score (nSPS) is 27.9. The van der Waals surface area contributed by atoms with Gasteiger partial charge in [0.25, 0.3) is 0 Å². The fourth-order valence-corrected chi connectivity index (χ4v) is 4.47. The molecule has 2 fully saturated rings. The van der Waals surface area contributed by atoms with Crippen LogP contribution in [-0.2, 0) is 19.2 Å². The molecule has 0 aromatic heterocycles. The van der Waals surface area contributed by atoms with Gasteiger partial charge in [-0.25, -0.2) is 0 Å². The molecular formula is C22H38KO6. The fourth-order valence-electron chi connectivity index (χ4n) is 4.47. The van der Waals surface area contributed by atoms with Crippen LogP contribution in [0.2, 0.25) is 0 Å². The quantitative estimate of drug-likeness (QED) is 0.227. The van der Waals surface area contributed by atoms with E-state index in [0.29, 0.717) is 11.8 Å². The second-order valence-corrected chi connectivity index (χ2v) is 10.6. The molecule has 0 aliphatic heterocycles. The van der Waals surface area contributed by atoms with E-state index in [4.69, 9.17) is 9.47 Å². The molecule has 0 N–H and O–H groups in total. The van der Waals surface area contributed by atoms with Crippen molar-refractivity contribution in [3.8, 4) is 0 Å². The number of hydrogen-bond acceptors (Lipinski definition) is 6. The van der Waals surface area contributed by atoms with Gasteiger partial charge >= 0.3 is 12.3 Å². The Hall–Kier alpha value is 0.176. The van der Waals surface area contributed by atoms with Gasteiger partial charge in [-0.1, -0.05) is 41.5 Å². The summed E-state index contributed by atoms with van der Waals surface area (Å²) < 4.78 is 10.5. The predicted molar refractivity (Wildman–Crippen MR) is 111 cm³/mol. The fraction of sp³-hybridized carbons (Fsp3) is 0.909. The van der Waals surface area contributed by atoms with Crippen molar-refractivity contribution >= 4 is 63.7 Å². The Morgan fingerprint density at radius 1 is 0.586 bits per heavy atom. The molecule has 0 aromatic carbocycles. The maximum atomic E-state index is 11.8. The van der Waals surface area contributed by atoms with Crippen LogP contribution in [0, 0.1) is 22.7 Å². The summed E-state index contributed by atoms with van der Waals surface area (Å²) in [7, 11) is 0. The summed E-state index contributed by atoms with van der Waals surface area (Å²) in [6, 6.07) is 0. The van der Waals surface area contributed by atoms with E-state index >= 15 is 0 Å². The minimum Gasteiger partial charge on any atom is -0.428 e. The molecular weight excluding hydrogens is 399 g/mol. The summed E-state index contributed by atoms with van der Waals surface area (Å²) in [6.07, 6.45) is 4.96. The van der Waals surface area contributed by atoms with Crippen molar-refractivity contribution in [2.75, 3.05) is 0 Å². The van der Waals surface area contributed by atoms with Crippen molar-refractivity contribution in [2.24, 2.45) is 22.7 Å². The largest absolute Gasteiger partial charge is 0.550 e. The first-order valence-electron chi connectivity index (χ1n) is 10.7. The molecule has 0 aromatic rings. The SMILES string of the molecule is CC(C)(C)C1CCC(OC(=O)OOC(=O)OC2CCC(C(C)(C)C)CC2)CC1.[K]. The van der Waals surface area contributed by atoms with E-state index in [0.717, 1.165) is 51.4 Å². The molecule has 2 aliphatic carbocycles. The van der Waals surface area contributed by atoms with E-state index < -0.39 is 12.3 Å². The minimum absolute atomic E-state index is 0. The van der Waals surface area contributed by atoms with Gasteiger partial charge in [0.2, 0.25) is 0 Å². The Kier molecular flexibility index (Phi) is 11.0. The summed E-state index contributed by atoms with van der Waals surface area (Å²) >= 11 is 0. The maximum absolute atomic E-state index is 11.8. The smallest absolute Gasteiger partial charge is 0.428 e. The molecule has 163 valence electrons.